The van der Waals surface area contributed by atoms with Gasteiger partial charge in [-0.15, -0.1) is 0 Å². The van der Waals surface area contributed by atoms with Crippen molar-refractivity contribution >= 4 is 46.9 Å². The molecule has 3 aromatic rings. The van der Waals surface area contributed by atoms with Crippen LogP contribution in [0.15, 0.2) is 71.8 Å². The maximum absolute atomic E-state index is 12.0. The highest BCUT2D eigenvalue weighted by Crippen LogP contribution is 2.22. The lowest BCUT2D eigenvalue weighted by Crippen LogP contribution is -2.32. The third kappa shape index (κ3) is 6.57. The lowest BCUT2D eigenvalue weighted by Gasteiger charge is -2.08. The molecule has 0 aliphatic rings. The van der Waals surface area contributed by atoms with Crippen molar-refractivity contribution in [2.75, 3.05) is 5.32 Å². The minimum atomic E-state index is -0.892. The van der Waals surface area contributed by atoms with E-state index in [0.29, 0.717) is 33.7 Å². The van der Waals surface area contributed by atoms with Gasteiger partial charge in [-0.05, 0) is 72.1 Å². The fourth-order valence-electron chi connectivity index (χ4n) is 2.58. The molecular formula is C23H19Cl2N3O3. The van der Waals surface area contributed by atoms with Crippen molar-refractivity contribution in [2.45, 2.75) is 13.5 Å². The number of halogens is 2. The van der Waals surface area contributed by atoms with Crippen LogP contribution in [0.4, 0.5) is 5.69 Å². The van der Waals surface area contributed by atoms with Gasteiger partial charge in [0.2, 0.25) is 0 Å². The molecule has 2 N–H and O–H groups in total. The Kier molecular flexibility index (Phi) is 7.65. The topological polar surface area (TPSA) is 79.8 Å². The molecule has 6 nitrogen and oxygen atoms in total. The van der Waals surface area contributed by atoms with Gasteiger partial charge in [0.15, 0.2) is 0 Å². The maximum Gasteiger partial charge on any atom is 0.329 e. The summed E-state index contributed by atoms with van der Waals surface area (Å²) in [7, 11) is 0. The van der Waals surface area contributed by atoms with Gasteiger partial charge in [0.1, 0.15) is 12.4 Å². The van der Waals surface area contributed by atoms with Gasteiger partial charge in [0.05, 0.1) is 6.21 Å². The van der Waals surface area contributed by atoms with Gasteiger partial charge in [-0.1, -0.05) is 41.4 Å². The van der Waals surface area contributed by atoms with Crippen molar-refractivity contribution in [3.63, 3.8) is 0 Å². The van der Waals surface area contributed by atoms with Crippen LogP contribution in [-0.4, -0.2) is 18.0 Å². The average Bonchev–Trinajstić information content (AvgIpc) is 2.76. The van der Waals surface area contributed by atoms with Gasteiger partial charge in [0.25, 0.3) is 0 Å². The molecule has 0 atom stereocenters. The molecule has 0 bridgehead atoms. The second-order valence-corrected chi connectivity index (χ2v) is 7.40. The zero-order chi connectivity index (χ0) is 22.2. The summed E-state index contributed by atoms with van der Waals surface area (Å²) in [5.41, 5.74) is 5.02. The first-order chi connectivity index (χ1) is 14.9. The van der Waals surface area contributed by atoms with E-state index < -0.39 is 11.8 Å². The lowest BCUT2D eigenvalue weighted by atomic mass is 10.2. The molecule has 3 rings (SSSR count). The van der Waals surface area contributed by atoms with Gasteiger partial charge in [-0.2, -0.15) is 5.10 Å². The quantitative estimate of drug-likeness (QED) is 0.312. The first-order valence-corrected chi connectivity index (χ1v) is 10.0. The van der Waals surface area contributed by atoms with Crippen molar-refractivity contribution in [2.24, 2.45) is 5.10 Å². The molecule has 158 valence electrons. The second kappa shape index (κ2) is 10.6. The van der Waals surface area contributed by atoms with Crippen LogP contribution >= 0.6 is 23.2 Å². The third-order valence-corrected chi connectivity index (χ3v) is 4.92. The Balaban J connectivity index is 1.49. The van der Waals surface area contributed by atoms with Crippen LogP contribution in [0.25, 0.3) is 0 Å². The Labute approximate surface area is 189 Å². The van der Waals surface area contributed by atoms with Crippen LogP contribution < -0.4 is 15.5 Å². The number of hydrogen-bond acceptors (Lipinski definition) is 4. The van der Waals surface area contributed by atoms with Crippen LogP contribution in [0.5, 0.6) is 5.75 Å². The molecule has 0 saturated carbocycles. The van der Waals surface area contributed by atoms with E-state index in [9.17, 15) is 9.59 Å². The van der Waals surface area contributed by atoms with Crippen LogP contribution in [0.1, 0.15) is 16.7 Å². The molecule has 8 heteroatoms. The molecule has 31 heavy (non-hydrogen) atoms. The number of amides is 2. The van der Waals surface area contributed by atoms with Gasteiger partial charge < -0.3 is 10.1 Å². The molecule has 0 fully saturated rings. The van der Waals surface area contributed by atoms with E-state index in [2.05, 4.69) is 15.8 Å². The molecule has 2 amide bonds. The molecule has 0 saturated heterocycles. The molecule has 0 aliphatic heterocycles. The minimum Gasteiger partial charge on any atom is -0.489 e. The normalized spacial score (nSPS) is 10.7. The Morgan fingerprint density at radius 3 is 2.48 bits per heavy atom. The third-order valence-electron chi connectivity index (χ3n) is 4.28. The van der Waals surface area contributed by atoms with Crippen LogP contribution in [0, 0.1) is 6.92 Å². The standard InChI is InChI=1S/C23H19Cl2N3O3/c1-15-20(25)6-3-7-21(15)27-22(29)23(30)28-26-13-16-8-10-19(11-9-16)31-14-17-4-2-5-18(24)12-17/h2-13H,14H2,1H3,(H,27,29)(H,28,30)/b26-13+. The van der Waals surface area contributed by atoms with E-state index in [1.54, 1.807) is 55.5 Å². The SMILES string of the molecule is Cc1c(Cl)cccc1NC(=O)C(=O)N/N=C/c1ccc(OCc2cccc(Cl)c2)cc1. The first-order valence-electron chi connectivity index (χ1n) is 9.29. The minimum absolute atomic E-state index is 0.394. The van der Waals surface area contributed by atoms with Crippen molar-refractivity contribution in [1.29, 1.82) is 0 Å². The number of carbonyl (C=O) groups excluding carboxylic acids is 2. The summed E-state index contributed by atoms with van der Waals surface area (Å²) in [4.78, 5) is 23.9. The van der Waals surface area contributed by atoms with E-state index in [-0.39, 0.29) is 0 Å². The molecule has 0 heterocycles. The molecule has 0 aliphatic carbocycles. The summed E-state index contributed by atoms with van der Waals surface area (Å²) < 4.78 is 5.72. The largest absolute Gasteiger partial charge is 0.489 e. The molecule has 3 aromatic carbocycles. The summed E-state index contributed by atoms with van der Waals surface area (Å²) in [6.07, 6.45) is 1.43. The van der Waals surface area contributed by atoms with Crippen molar-refractivity contribution in [1.82, 2.24) is 5.43 Å². The zero-order valence-electron chi connectivity index (χ0n) is 16.6. The molecule has 0 unspecified atom stereocenters. The first kappa shape index (κ1) is 22.3. The van der Waals surface area contributed by atoms with Gasteiger partial charge in [-0.3, -0.25) is 9.59 Å². The van der Waals surface area contributed by atoms with Crippen LogP contribution in [0.2, 0.25) is 10.0 Å². The van der Waals surface area contributed by atoms with Crippen LogP contribution in [-0.2, 0) is 16.2 Å². The van der Waals surface area contributed by atoms with Crippen molar-refractivity contribution < 1.29 is 14.3 Å². The summed E-state index contributed by atoms with van der Waals surface area (Å²) in [6.45, 7) is 2.14. The number of ether oxygens (including phenoxy) is 1. The van der Waals surface area contributed by atoms with E-state index >= 15 is 0 Å². The fourth-order valence-corrected chi connectivity index (χ4v) is 2.97. The predicted octanol–water partition coefficient (Wildman–Crippen LogP) is 4.97. The number of nitrogens with one attached hydrogen (secondary N) is 2. The highest BCUT2D eigenvalue weighted by atomic mass is 35.5. The summed E-state index contributed by atoms with van der Waals surface area (Å²) in [5, 5.41) is 7.47. The summed E-state index contributed by atoms with van der Waals surface area (Å²) in [5.74, 6) is -1.05. The Morgan fingerprint density at radius 2 is 1.74 bits per heavy atom. The number of benzene rings is 3. The molecule has 0 radical (unpaired) electrons. The highest BCUT2D eigenvalue weighted by Gasteiger charge is 2.14. The summed E-state index contributed by atoms with van der Waals surface area (Å²) >= 11 is 12.0. The Bertz CT molecular complexity index is 1120. The van der Waals surface area contributed by atoms with Crippen molar-refractivity contribution in [3.8, 4) is 5.75 Å². The smallest absolute Gasteiger partial charge is 0.329 e. The van der Waals surface area contributed by atoms with E-state index in [1.807, 2.05) is 18.2 Å². The number of carbonyl (C=O) groups is 2. The van der Waals surface area contributed by atoms with Gasteiger partial charge in [0, 0.05) is 15.7 Å². The number of hydrazone groups is 1. The number of hydrogen-bond donors (Lipinski definition) is 2. The Hall–Kier alpha value is -3.35. The van der Waals surface area contributed by atoms with E-state index in [1.165, 1.54) is 6.21 Å². The Morgan fingerprint density at radius 1 is 1.00 bits per heavy atom. The molecule has 0 spiro atoms. The van der Waals surface area contributed by atoms with E-state index in [4.69, 9.17) is 27.9 Å². The monoisotopic (exact) mass is 455 g/mol. The highest BCUT2D eigenvalue weighted by molar-refractivity contribution is 6.40. The number of anilines is 1. The van der Waals surface area contributed by atoms with Gasteiger partial charge in [-0.25, -0.2) is 5.43 Å². The number of nitrogens with zero attached hydrogens (tertiary/aromatic N) is 1. The maximum atomic E-state index is 12.0. The van der Waals surface area contributed by atoms with Crippen LogP contribution in [0.3, 0.4) is 0 Å². The number of rotatable bonds is 6. The lowest BCUT2D eigenvalue weighted by molar-refractivity contribution is -0.136. The van der Waals surface area contributed by atoms with Gasteiger partial charge >= 0.3 is 11.8 Å². The fraction of sp³-hybridized carbons (Fsp3) is 0.0870. The molecule has 0 aromatic heterocycles. The average molecular weight is 456 g/mol. The zero-order valence-corrected chi connectivity index (χ0v) is 18.1. The predicted molar refractivity (Wildman–Crippen MR) is 123 cm³/mol. The summed E-state index contributed by atoms with van der Waals surface area (Å²) in [6, 6.07) is 19.6. The second-order valence-electron chi connectivity index (χ2n) is 6.55. The van der Waals surface area contributed by atoms with Crippen molar-refractivity contribution in [3.05, 3.63) is 93.5 Å². The molecular weight excluding hydrogens is 437 g/mol. The van der Waals surface area contributed by atoms with E-state index in [0.717, 1.165) is 11.1 Å².